The number of carbonyl (C=O) groups is 2. The lowest BCUT2D eigenvalue weighted by molar-refractivity contribution is -0.135. The summed E-state index contributed by atoms with van der Waals surface area (Å²) in [6, 6.07) is 15.9. The molecule has 6 heteroatoms. The van der Waals surface area contributed by atoms with Crippen LogP contribution in [0.25, 0.3) is 0 Å². The molecule has 32 heavy (non-hydrogen) atoms. The molecule has 0 bridgehead atoms. The minimum atomic E-state index is -0.570. The summed E-state index contributed by atoms with van der Waals surface area (Å²) in [5, 5.41) is 0.497. The average Bonchev–Trinajstić information content (AvgIpc) is 3.01. The predicted molar refractivity (Wildman–Crippen MR) is 133 cm³/mol. The minimum Gasteiger partial charge on any atom is -0.466 e. The normalized spacial score (nSPS) is 17.3. The first-order chi connectivity index (χ1) is 14.9. The molecule has 1 fully saturated rings. The summed E-state index contributed by atoms with van der Waals surface area (Å²) in [6.07, 6.45) is 1.22. The number of benzene rings is 2. The number of amides is 1. The summed E-state index contributed by atoms with van der Waals surface area (Å²) in [5.41, 5.74) is 3.86. The molecule has 0 saturated carbocycles. The minimum absolute atomic E-state index is 0.00393. The first-order valence-electron chi connectivity index (χ1n) is 10.5. The number of thioether (sulfide) groups is 1. The number of carbonyl (C=O) groups excluding carboxylic acids is 2. The van der Waals surface area contributed by atoms with Gasteiger partial charge in [-0.25, -0.2) is 9.79 Å². The third kappa shape index (κ3) is 5.30. The summed E-state index contributed by atoms with van der Waals surface area (Å²) in [4.78, 5) is 31.5. The van der Waals surface area contributed by atoms with Crippen molar-refractivity contribution in [1.82, 2.24) is 0 Å². The lowest BCUT2D eigenvalue weighted by atomic mass is 9.87. The van der Waals surface area contributed by atoms with E-state index in [0.29, 0.717) is 10.9 Å². The largest absolute Gasteiger partial charge is 0.466 e. The van der Waals surface area contributed by atoms with Crippen LogP contribution in [-0.4, -0.2) is 24.2 Å². The fraction of sp³-hybridized carbons (Fsp3) is 0.346. The van der Waals surface area contributed by atoms with Crippen LogP contribution in [0.2, 0.25) is 0 Å². The third-order valence-electron chi connectivity index (χ3n) is 5.21. The van der Waals surface area contributed by atoms with Gasteiger partial charge in [-0.2, -0.15) is 0 Å². The summed E-state index contributed by atoms with van der Waals surface area (Å²) < 4.78 is 4.71. The van der Waals surface area contributed by atoms with Crippen LogP contribution >= 0.6 is 11.8 Å². The van der Waals surface area contributed by atoms with E-state index < -0.39 is 5.97 Å². The second-order valence-corrected chi connectivity index (χ2v) is 10.8. The van der Waals surface area contributed by atoms with E-state index in [4.69, 9.17) is 9.73 Å². The molecule has 1 saturated heterocycles. The fourth-order valence-electron chi connectivity index (χ4n) is 3.20. The molecule has 2 aromatic carbocycles. The molecule has 3 rings (SSSR count). The van der Waals surface area contributed by atoms with E-state index in [0.717, 1.165) is 5.69 Å². The predicted octanol–water partition coefficient (Wildman–Crippen LogP) is 6.11. The molecule has 0 N–H and O–H groups in total. The zero-order chi connectivity index (χ0) is 23.7. The van der Waals surface area contributed by atoms with Gasteiger partial charge < -0.3 is 4.74 Å². The molecule has 1 aliphatic heterocycles. The van der Waals surface area contributed by atoms with Gasteiger partial charge in [0, 0.05) is 6.08 Å². The van der Waals surface area contributed by atoms with E-state index >= 15 is 0 Å². The number of methoxy groups -OCH3 is 1. The lowest BCUT2D eigenvalue weighted by Crippen LogP contribution is -2.29. The first kappa shape index (κ1) is 23.8. The Morgan fingerprint density at radius 3 is 1.88 bits per heavy atom. The molecule has 1 heterocycles. The van der Waals surface area contributed by atoms with Gasteiger partial charge >= 0.3 is 5.97 Å². The highest BCUT2D eigenvalue weighted by atomic mass is 32.2. The fourth-order valence-corrected chi connectivity index (χ4v) is 4.16. The monoisotopic (exact) mass is 450 g/mol. The van der Waals surface area contributed by atoms with Crippen molar-refractivity contribution in [2.45, 2.75) is 52.4 Å². The summed E-state index contributed by atoms with van der Waals surface area (Å²) in [6.45, 7) is 12.9. The number of aliphatic imine (C=N–C) groups is 1. The number of hydrogen-bond acceptors (Lipinski definition) is 5. The quantitative estimate of drug-likeness (QED) is 0.418. The number of nitrogens with zero attached hydrogens (tertiary/aromatic N) is 2. The highest BCUT2D eigenvalue weighted by Crippen LogP contribution is 2.37. The number of amidine groups is 1. The van der Waals surface area contributed by atoms with Crippen LogP contribution in [0.15, 0.2) is 64.5 Å². The van der Waals surface area contributed by atoms with Crippen LogP contribution in [0.1, 0.15) is 52.7 Å². The highest BCUT2D eigenvalue weighted by Gasteiger charge is 2.35. The van der Waals surface area contributed by atoms with Crippen molar-refractivity contribution in [2.24, 2.45) is 4.99 Å². The Labute approximate surface area is 194 Å². The lowest BCUT2D eigenvalue weighted by Gasteiger charge is -2.21. The van der Waals surface area contributed by atoms with Crippen molar-refractivity contribution >= 4 is 40.2 Å². The van der Waals surface area contributed by atoms with Crippen molar-refractivity contribution in [3.63, 3.8) is 0 Å². The molecule has 2 aromatic rings. The molecule has 5 nitrogen and oxygen atoms in total. The molecular weight excluding hydrogens is 420 g/mol. The van der Waals surface area contributed by atoms with Gasteiger partial charge in [0.1, 0.15) is 0 Å². The zero-order valence-corrected chi connectivity index (χ0v) is 20.5. The number of ether oxygens (including phenoxy) is 1. The van der Waals surface area contributed by atoms with E-state index in [1.165, 1.54) is 36.1 Å². The molecule has 1 aliphatic rings. The Morgan fingerprint density at radius 1 is 0.906 bits per heavy atom. The van der Waals surface area contributed by atoms with E-state index in [2.05, 4.69) is 53.7 Å². The van der Waals surface area contributed by atoms with Gasteiger partial charge in [0.25, 0.3) is 5.91 Å². The van der Waals surface area contributed by atoms with Crippen LogP contribution < -0.4 is 4.90 Å². The van der Waals surface area contributed by atoms with E-state index in [-0.39, 0.29) is 21.6 Å². The molecule has 0 spiro atoms. The SMILES string of the molecule is COC(=O)/C=C1\SC(=Nc2ccc(C(C)(C)C)cc2)N(c2ccc(C(C)(C)C)cc2)C1=O. The van der Waals surface area contributed by atoms with Crippen LogP contribution in [0.5, 0.6) is 0 Å². The van der Waals surface area contributed by atoms with Gasteiger partial charge in [0.15, 0.2) is 5.17 Å². The number of esters is 1. The Kier molecular flexibility index (Phi) is 6.65. The Hall–Kier alpha value is -2.86. The van der Waals surface area contributed by atoms with Gasteiger partial charge in [-0.15, -0.1) is 0 Å². The first-order valence-corrected chi connectivity index (χ1v) is 11.3. The Bertz CT molecular complexity index is 1070. The maximum atomic E-state index is 13.2. The van der Waals surface area contributed by atoms with Crippen LogP contribution in [0.3, 0.4) is 0 Å². The molecule has 0 atom stereocenters. The smallest absolute Gasteiger partial charge is 0.331 e. The number of anilines is 1. The van der Waals surface area contributed by atoms with E-state index in [1.807, 2.05) is 36.4 Å². The zero-order valence-electron chi connectivity index (χ0n) is 19.7. The molecule has 0 aliphatic carbocycles. The topological polar surface area (TPSA) is 59.0 Å². The van der Waals surface area contributed by atoms with Gasteiger partial charge in [-0.3, -0.25) is 9.69 Å². The van der Waals surface area contributed by atoms with Crippen LogP contribution in [0, 0.1) is 0 Å². The molecule has 0 aromatic heterocycles. The van der Waals surface area contributed by atoms with Gasteiger partial charge in [0.2, 0.25) is 0 Å². The van der Waals surface area contributed by atoms with Gasteiger partial charge in [-0.05, 0) is 58.0 Å². The number of rotatable bonds is 3. The van der Waals surface area contributed by atoms with Crippen LogP contribution in [-0.2, 0) is 25.2 Å². The molecule has 0 unspecified atom stereocenters. The summed E-state index contributed by atoms with van der Waals surface area (Å²) in [5.74, 6) is -0.867. The summed E-state index contributed by atoms with van der Waals surface area (Å²) >= 11 is 1.17. The van der Waals surface area contributed by atoms with Crippen molar-refractivity contribution in [3.8, 4) is 0 Å². The molecule has 0 radical (unpaired) electrons. The third-order valence-corrected chi connectivity index (χ3v) is 6.17. The molecular formula is C26H30N2O3S. The van der Waals surface area contributed by atoms with Gasteiger partial charge in [0.05, 0.1) is 23.4 Å². The van der Waals surface area contributed by atoms with Crippen LogP contribution in [0.4, 0.5) is 11.4 Å². The van der Waals surface area contributed by atoms with Crippen molar-refractivity contribution in [2.75, 3.05) is 12.0 Å². The van der Waals surface area contributed by atoms with Crippen molar-refractivity contribution < 1.29 is 14.3 Å². The maximum absolute atomic E-state index is 13.2. The van der Waals surface area contributed by atoms with E-state index in [1.54, 1.807) is 4.90 Å². The number of hydrogen-bond donors (Lipinski definition) is 0. The molecule has 168 valence electrons. The van der Waals surface area contributed by atoms with Crippen molar-refractivity contribution in [1.29, 1.82) is 0 Å². The standard InChI is InChI=1S/C26H30N2O3S/c1-25(2,3)17-8-12-19(13-9-17)27-24-28(23(30)21(32-24)16-22(29)31-7)20-14-10-18(11-15-20)26(4,5)6/h8-16H,1-7H3/b21-16-,27-24?. The maximum Gasteiger partial charge on any atom is 0.331 e. The highest BCUT2D eigenvalue weighted by molar-refractivity contribution is 8.19. The Balaban J connectivity index is 2.03. The second-order valence-electron chi connectivity index (χ2n) is 9.76. The summed E-state index contributed by atoms with van der Waals surface area (Å²) in [7, 11) is 1.29. The van der Waals surface area contributed by atoms with E-state index in [9.17, 15) is 9.59 Å². The second kappa shape index (κ2) is 8.94. The molecule has 1 amide bonds. The average molecular weight is 451 g/mol. The van der Waals surface area contributed by atoms with Crippen molar-refractivity contribution in [3.05, 3.63) is 70.6 Å². The Morgan fingerprint density at radius 2 is 1.41 bits per heavy atom. The van der Waals surface area contributed by atoms with Gasteiger partial charge in [-0.1, -0.05) is 65.8 Å².